The molecule has 56 heavy (non-hydrogen) atoms. The first-order chi connectivity index (χ1) is 26.8. The third-order valence-corrected chi connectivity index (χ3v) is 11.1. The van der Waals surface area contributed by atoms with E-state index >= 15 is 0 Å². The van der Waals surface area contributed by atoms with Gasteiger partial charge in [-0.1, -0.05) is 29.8 Å². The average Bonchev–Trinajstić information content (AvgIpc) is 3.13. The molecule has 5 atom stereocenters. The molecular weight excluding hydrogens is 746 g/mol. The van der Waals surface area contributed by atoms with Crippen molar-refractivity contribution < 1.29 is 57.1 Å². The monoisotopic (exact) mass is 791 g/mol. The third-order valence-electron chi connectivity index (χ3n) is 10.7. The Balaban J connectivity index is 1.23. The van der Waals surface area contributed by atoms with Crippen molar-refractivity contribution in [3.8, 4) is 17.6 Å². The number of nitriles is 1. The Hall–Kier alpha value is -5.06. The second-order valence-corrected chi connectivity index (χ2v) is 15.1. The smallest absolute Gasteiger partial charge is 0.303 e. The van der Waals surface area contributed by atoms with Crippen molar-refractivity contribution in [3.05, 3.63) is 69.8 Å². The number of nitrogens with zero attached hydrogens (tertiary/aromatic N) is 1. The van der Waals surface area contributed by atoms with Gasteiger partial charge < -0.3 is 37.9 Å². The van der Waals surface area contributed by atoms with Crippen molar-refractivity contribution in [1.29, 1.82) is 5.26 Å². The summed E-state index contributed by atoms with van der Waals surface area (Å²) in [6, 6.07) is 12.6. The van der Waals surface area contributed by atoms with Crippen LogP contribution < -0.4 is 9.47 Å². The summed E-state index contributed by atoms with van der Waals surface area (Å²) in [4.78, 5) is 48.1. The fourth-order valence-electron chi connectivity index (χ4n) is 8.83. The summed E-state index contributed by atoms with van der Waals surface area (Å²) in [5.41, 5.74) is 3.49. The zero-order chi connectivity index (χ0) is 40.1. The lowest BCUT2D eigenvalue weighted by Crippen LogP contribution is -2.63. The lowest BCUT2D eigenvalue weighted by atomic mass is 9.54. The first-order valence-corrected chi connectivity index (χ1v) is 19.1. The molecule has 4 aliphatic carbocycles. The van der Waals surface area contributed by atoms with Gasteiger partial charge in [0.25, 0.3) is 0 Å². The number of hydrogen-bond acceptors (Lipinski definition) is 13. The Kier molecular flexibility index (Phi) is 12.9. The molecule has 2 unspecified atom stereocenters. The largest absolute Gasteiger partial charge is 0.496 e. The number of esters is 4. The Morgan fingerprint density at radius 2 is 1.43 bits per heavy atom. The summed E-state index contributed by atoms with van der Waals surface area (Å²) >= 11 is 7.15. The van der Waals surface area contributed by atoms with Crippen molar-refractivity contribution in [2.75, 3.05) is 13.7 Å². The molecule has 298 valence electrons. The summed E-state index contributed by atoms with van der Waals surface area (Å²) in [5, 5.41) is 9.68. The zero-order valence-electron chi connectivity index (χ0n) is 32.0. The maximum absolute atomic E-state index is 12.2. The molecule has 0 N–H and O–H groups in total. The van der Waals surface area contributed by atoms with Crippen molar-refractivity contribution in [1.82, 2.24) is 0 Å². The van der Waals surface area contributed by atoms with Crippen LogP contribution in [0.5, 0.6) is 11.5 Å². The molecule has 1 saturated heterocycles. The molecule has 1 heterocycles. The number of ether oxygens (including phenoxy) is 8. The summed E-state index contributed by atoms with van der Waals surface area (Å²) < 4.78 is 46.2. The van der Waals surface area contributed by atoms with E-state index in [1.807, 2.05) is 18.2 Å². The van der Waals surface area contributed by atoms with Crippen LogP contribution in [0, 0.1) is 35.0 Å². The fourth-order valence-corrected chi connectivity index (χ4v) is 9.15. The fraction of sp³-hybridized carbons (Fsp3) is 0.500. The molecule has 1 aliphatic heterocycles. The first-order valence-electron chi connectivity index (χ1n) is 18.7. The highest BCUT2D eigenvalue weighted by Crippen LogP contribution is 2.58. The predicted octanol–water partition coefficient (Wildman–Crippen LogP) is 6.73. The van der Waals surface area contributed by atoms with Crippen molar-refractivity contribution in [2.45, 2.75) is 97.1 Å². The summed E-state index contributed by atoms with van der Waals surface area (Å²) in [7, 11) is 1.69. The highest BCUT2D eigenvalue weighted by Gasteiger charge is 2.53. The average molecular weight is 792 g/mol. The molecule has 5 fully saturated rings. The van der Waals surface area contributed by atoms with Crippen LogP contribution in [-0.4, -0.2) is 68.3 Å². The molecule has 5 aliphatic rings. The van der Waals surface area contributed by atoms with E-state index in [9.17, 15) is 24.4 Å². The second-order valence-electron chi connectivity index (χ2n) is 14.7. The lowest BCUT2D eigenvalue weighted by Gasteiger charge is -2.51. The number of halogens is 1. The molecule has 0 radical (unpaired) electrons. The van der Waals surface area contributed by atoms with E-state index in [1.54, 1.807) is 37.5 Å². The van der Waals surface area contributed by atoms with Crippen LogP contribution in [0.4, 0.5) is 0 Å². The van der Waals surface area contributed by atoms with E-state index in [0.29, 0.717) is 28.2 Å². The second kappa shape index (κ2) is 17.8. The van der Waals surface area contributed by atoms with Gasteiger partial charge in [0.1, 0.15) is 36.6 Å². The number of benzene rings is 2. The van der Waals surface area contributed by atoms with Gasteiger partial charge in [0.15, 0.2) is 12.2 Å². The molecule has 0 spiro atoms. The van der Waals surface area contributed by atoms with Gasteiger partial charge in [0.2, 0.25) is 12.4 Å². The number of allylic oxidation sites excluding steroid dienone is 2. The van der Waals surface area contributed by atoms with Crippen LogP contribution in [0.2, 0.25) is 5.02 Å². The Morgan fingerprint density at radius 3 is 2.00 bits per heavy atom. The van der Waals surface area contributed by atoms with Crippen molar-refractivity contribution in [2.24, 2.45) is 23.7 Å². The Morgan fingerprint density at radius 1 is 0.821 bits per heavy atom. The molecule has 14 heteroatoms. The van der Waals surface area contributed by atoms with Crippen LogP contribution in [-0.2, 0) is 54.2 Å². The van der Waals surface area contributed by atoms with E-state index in [1.165, 1.54) is 50.7 Å². The van der Waals surface area contributed by atoms with E-state index < -0.39 is 54.6 Å². The lowest BCUT2D eigenvalue weighted by molar-refractivity contribution is -0.288. The van der Waals surface area contributed by atoms with Gasteiger partial charge in [-0.2, -0.15) is 5.26 Å². The van der Waals surface area contributed by atoms with Gasteiger partial charge in [-0.3, -0.25) is 19.2 Å². The number of rotatable bonds is 13. The minimum Gasteiger partial charge on any atom is -0.496 e. The van der Waals surface area contributed by atoms with E-state index in [0.717, 1.165) is 49.5 Å². The van der Waals surface area contributed by atoms with Crippen molar-refractivity contribution >= 4 is 47.3 Å². The normalized spacial score (nSPS) is 27.5. The minimum absolute atomic E-state index is 0.101. The molecule has 2 aromatic carbocycles. The molecule has 4 saturated carbocycles. The first kappa shape index (κ1) is 40.6. The molecule has 0 aromatic heterocycles. The van der Waals surface area contributed by atoms with E-state index in [-0.39, 0.29) is 19.0 Å². The van der Waals surface area contributed by atoms with Crippen LogP contribution in [0.3, 0.4) is 0 Å². The van der Waals surface area contributed by atoms with Crippen LogP contribution in [0.25, 0.3) is 11.8 Å². The zero-order valence-corrected chi connectivity index (χ0v) is 32.7. The standard InChI is InChI=1S/C42H46ClNO12/c1-22(45)50-21-34-39(52-23(2)46)40(53-24(3)47)41(54-25(4)48)42(56-34)55-32-11-8-26(9-12-32)20-51-37-29(7-6-14-44)10-13-33(36(37)43)38(49-5)35-30-16-27-15-28(18-30)19-31(35)17-27/h6-13,27-28,30-31,34,39-42H,15-21H2,1-5H3/b7-6+,38-35?/t27?,28?,30?,31?,34?,39-,40?,41-,42+/m0/s1. The molecular formula is C42H46ClNO12. The molecule has 7 rings (SSSR count). The van der Waals surface area contributed by atoms with Gasteiger partial charge >= 0.3 is 23.9 Å². The predicted molar refractivity (Wildman–Crippen MR) is 200 cm³/mol. The highest BCUT2D eigenvalue weighted by molar-refractivity contribution is 6.34. The van der Waals surface area contributed by atoms with Crippen molar-refractivity contribution in [3.63, 3.8) is 0 Å². The van der Waals surface area contributed by atoms with E-state index in [2.05, 4.69) is 0 Å². The maximum Gasteiger partial charge on any atom is 0.303 e. The topological polar surface area (TPSA) is 166 Å². The SMILES string of the molecule is COC(=C1C2CC3CC(C2)CC1C3)c1ccc(/C=C/C#N)c(OCc2ccc(O[C@@H]3OC(COC(C)=O)[C@H](OC(C)=O)C(OC(C)=O)[C@@H]3OC(C)=O)cc2)c1Cl. The molecule has 0 amide bonds. The number of carbonyl (C=O) groups is 4. The molecule has 4 bridgehead atoms. The van der Waals surface area contributed by atoms with Gasteiger partial charge in [-0.15, -0.1) is 0 Å². The molecule has 2 aromatic rings. The summed E-state index contributed by atoms with van der Waals surface area (Å²) in [5.74, 6) is 1.21. The number of methoxy groups -OCH3 is 1. The Bertz CT molecular complexity index is 1890. The van der Waals surface area contributed by atoms with Crippen LogP contribution in [0.1, 0.15) is 76.5 Å². The number of hydrogen-bond donors (Lipinski definition) is 0. The van der Waals surface area contributed by atoms with Gasteiger partial charge in [-0.25, -0.2) is 0 Å². The van der Waals surface area contributed by atoms with Crippen LogP contribution in [0.15, 0.2) is 48.0 Å². The quantitative estimate of drug-likeness (QED) is 0.0908. The minimum atomic E-state index is -1.38. The number of carbonyl (C=O) groups excluding carboxylic acids is 4. The molecule has 13 nitrogen and oxygen atoms in total. The Labute approximate surface area is 330 Å². The van der Waals surface area contributed by atoms with Crippen LogP contribution >= 0.6 is 11.6 Å². The third kappa shape index (κ3) is 9.31. The van der Waals surface area contributed by atoms with E-state index in [4.69, 9.17) is 49.5 Å². The summed E-state index contributed by atoms with van der Waals surface area (Å²) in [6.45, 7) is 4.36. The van der Waals surface area contributed by atoms with Gasteiger partial charge in [0, 0.05) is 44.9 Å². The summed E-state index contributed by atoms with van der Waals surface area (Å²) in [6.07, 6.45) is 2.52. The highest BCUT2D eigenvalue weighted by atomic mass is 35.5. The van der Waals surface area contributed by atoms with Gasteiger partial charge in [0.05, 0.1) is 18.2 Å². The van der Waals surface area contributed by atoms with Gasteiger partial charge in [-0.05, 0) is 91.2 Å². The maximum atomic E-state index is 12.2.